The van der Waals surface area contributed by atoms with Gasteiger partial charge in [-0.25, -0.2) is 9.97 Å². The molecule has 126 valence electrons. The van der Waals surface area contributed by atoms with Crippen LogP contribution in [0.3, 0.4) is 0 Å². The van der Waals surface area contributed by atoms with Crippen LogP contribution in [0.1, 0.15) is 10.5 Å². The van der Waals surface area contributed by atoms with Gasteiger partial charge in [0.1, 0.15) is 5.69 Å². The summed E-state index contributed by atoms with van der Waals surface area (Å²) in [7, 11) is 0. The molecule has 6 heteroatoms. The third-order valence-corrected chi connectivity index (χ3v) is 3.80. The molecular weight excluding hydrogens is 326 g/mol. The van der Waals surface area contributed by atoms with E-state index in [0.29, 0.717) is 11.6 Å². The first-order valence-electron chi connectivity index (χ1n) is 8.10. The number of rotatable bonds is 4. The zero-order valence-electron chi connectivity index (χ0n) is 13.8. The van der Waals surface area contributed by atoms with Gasteiger partial charge in [-0.2, -0.15) is 0 Å². The van der Waals surface area contributed by atoms with Crippen molar-refractivity contribution in [1.29, 1.82) is 0 Å². The summed E-state index contributed by atoms with van der Waals surface area (Å²) >= 11 is 0. The van der Waals surface area contributed by atoms with Gasteiger partial charge in [-0.1, -0.05) is 36.4 Å². The second-order valence-electron chi connectivity index (χ2n) is 5.59. The van der Waals surface area contributed by atoms with Crippen molar-refractivity contribution in [1.82, 2.24) is 15.0 Å². The van der Waals surface area contributed by atoms with E-state index in [2.05, 4.69) is 25.6 Å². The average Bonchev–Trinajstić information content (AvgIpc) is 2.69. The van der Waals surface area contributed by atoms with Gasteiger partial charge in [0.15, 0.2) is 0 Å². The lowest BCUT2D eigenvalue weighted by Crippen LogP contribution is -2.15. The van der Waals surface area contributed by atoms with E-state index in [9.17, 15) is 4.79 Å². The van der Waals surface area contributed by atoms with Crippen molar-refractivity contribution in [3.63, 3.8) is 0 Å². The zero-order chi connectivity index (χ0) is 17.8. The Morgan fingerprint density at radius 3 is 2.54 bits per heavy atom. The van der Waals surface area contributed by atoms with Crippen LogP contribution in [0, 0.1) is 0 Å². The number of hydrogen-bond donors (Lipinski definition) is 2. The number of aromatic nitrogens is 3. The maximum atomic E-state index is 12.6. The lowest BCUT2D eigenvalue weighted by molar-refractivity contribution is 0.102. The molecule has 2 aromatic heterocycles. The van der Waals surface area contributed by atoms with Gasteiger partial charge in [-0.15, -0.1) is 0 Å². The quantitative estimate of drug-likeness (QED) is 0.586. The molecule has 0 aliphatic carbocycles. The van der Waals surface area contributed by atoms with Gasteiger partial charge in [0, 0.05) is 23.5 Å². The van der Waals surface area contributed by atoms with Crippen molar-refractivity contribution in [2.75, 3.05) is 10.6 Å². The highest BCUT2D eigenvalue weighted by Gasteiger charge is 2.11. The van der Waals surface area contributed by atoms with Crippen LogP contribution in [0.5, 0.6) is 0 Å². The Morgan fingerprint density at radius 2 is 1.65 bits per heavy atom. The number of benzene rings is 2. The number of amides is 1. The minimum Gasteiger partial charge on any atom is -0.324 e. The summed E-state index contributed by atoms with van der Waals surface area (Å²) in [6, 6.07) is 20.6. The van der Waals surface area contributed by atoms with Crippen molar-refractivity contribution in [2.45, 2.75) is 0 Å². The summed E-state index contributed by atoms with van der Waals surface area (Å²) in [6.45, 7) is 0. The first-order chi connectivity index (χ1) is 12.8. The van der Waals surface area contributed by atoms with Gasteiger partial charge in [-0.05, 0) is 30.3 Å². The molecule has 0 fully saturated rings. The number of para-hydroxylation sites is 2. The Kier molecular flexibility index (Phi) is 4.22. The Balaban J connectivity index is 1.57. The second-order valence-corrected chi connectivity index (χ2v) is 5.59. The molecule has 6 nitrogen and oxygen atoms in total. The van der Waals surface area contributed by atoms with Crippen molar-refractivity contribution in [3.8, 4) is 0 Å². The fourth-order valence-corrected chi connectivity index (χ4v) is 2.59. The first-order valence-corrected chi connectivity index (χ1v) is 8.10. The SMILES string of the molecule is O=C(Nc1cccc2cccnc12)c1ccnc(Nc2ccccc2)n1. The summed E-state index contributed by atoms with van der Waals surface area (Å²) in [5, 5.41) is 6.91. The van der Waals surface area contributed by atoms with E-state index in [0.717, 1.165) is 16.6 Å². The standard InChI is InChI=1S/C20H15N5O/c26-19(24-16-10-4-6-14-7-5-12-21-18(14)16)17-11-13-22-20(25-17)23-15-8-2-1-3-9-15/h1-13H,(H,24,26)(H,22,23,25). The number of carbonyl (C=O) groups excluding carboxylic acids is 1. The molecule has 0 aliphatic rings. The van der Waals surface area contributed by atoms with Crippen molar-refractivity contribution < 1.29 is 4.79 Å². The molecule has 0 radical (unpaired) electrons. The number of hydrogen-bond acceptors (Lipinski definition) is 5. The number of anilines is 3. The monoisotopic (exact) mass is 341 g/mol. The highest BCUT2D eigenvalue weighted by atomic mass is 16.1. The highest BCUT2D eigenvalue weighted by Crippen LogP contribution is 2.21. The van der Waals surface area contributed by atoms with Gasteiger partial charge in [0.25, 0.3) is 5.91 Å². The van der Waals surface area contributed by atoms with Gasteiger partial charge >= 0.3 is 0 Å². The molecule has 4 aromatic rings. The van der Waals surface area contributed by atoms with Crippen molar-refractivity contribution in [2.24, 2.45) is 0 Å². The van der Waals surface area contributed by atoms with Gasteiger partial charge < -0.3 is 10.6 Å². The number of fused-ring (bicyclic) bond motifs is 1. The summed E-state index contributed by atoms with van der Waals surface area (Å²) in [4.78, 5) is 25.4. The van der Waals surface area contributed by atoms with Crippen LogP contribution in [0.15, 0.2) is 79.1 Å². The summed E-state index contributed by atoms with van der Waals surface area (Å²) in [6.07, 6.45) is 3.25. The van der Waals surface area contributed by atoms with Crippen molar-refractivity contribution >= 4 is 34.1 Å². The van der Waals surface area contributed by atoms with Crippen LogP contribution < -0.4 is 10.6 Å². The number of nitrogens with one attached hydrogen (secondary N) is 2. The molecule has 2 aromatic carbocycles. The van der Waals surface area contributed by atoms with Crippen molar-refractivity contribution in [3.05, 3.63) is 84.8 Å². The number of nitrogens with zero attached hydrogens (tertiary/aromatic N) is 3. The van der Waals surface area contributed by atoms with E-state index in [1.165, 1.54) is 0 Å². The predicted molar refractivity (Wildman–Crippen MR) is 101 cm³/mol. The van der Waals surface area contributed by atoms with Gasteiger partial charge in [-0.3, -0.25) is 9.78 Å². The maximum Gasteiger partial charge on any atom is 0.274 e. The Morgan fingerprint density at radius 1 is 0.808 bits per heavy atom. The van der Waals surface area contributed by atoms with Crippen LogP contribution in [0.2, 0.25) is 0 Å². The van der Waals surface area contributed by atoms with E-state index in [1.807, 2.05) is 60.7 Å². The zero-order valence-corrected chi connectivity index (χ0v) is 13.8. The molecule has 0 aliphatic heterocycles. The lowest BCUT2D eigenvalue weighted by atomic mass is 10.2. The smallest absolute Gasteiger partial charge is 0.274 e. The highest BCUT2D eigenvalue weighted by molar-refractivity contribution is 6.07. The van der Waals surface area contributed by atoms with E-state index < -0.39 is 0 Å². The molecule has 0 unspecified atom stereocenters. The second kappa shape index (κ2) is 6.98. The van der Waals surface area contributed by atoms with Gasteiger partial charge in [0.05, 0.1) is 11.2 Å². The Hall–Kier alpha value is -3.80. The summed E-state index contributed by atoms with van der Waals surface area (Å²) in [5.74, 6) is 0.0431. The van der Waals surface area contributed by atoms with E-state index >= 15 is 0 Å². The topological polar surface area (TPSA) is 79.8 Å². The lowest BCUT2D eigenvalue weighted by Gasteiger charge is -2.09. The fraction of sp³-hybridized carbons (Fsp3) is 0. The average molecular weight is 341 g/mol. The summed E-state index contributed by atoms with van der Waals surface area (Å²) < 4.78 is 0. The van der Waals surface area contributed by atoms with E-state index in [-0.39, 0.29) is 11.6 Å². The number of pyridine rings is 1. The molecule has 26 heavy (non-hydrogen) atoms. The first kappa shape index (κ1) is 15.7. The minimum absolute atomic E-state index is 0.270. The van der Waals surface area contributed by atoms with E-state index in [1.54, 1.807) is 18.5 Å². The molecule has 2 heterocycles. The third kappa shape index (κ3) is 3.34. The molecule has 0 saturated heterocycles. The molecule has 0 spiro atoms. The Labute approximate surface area is 150 Å². The maximum absolute atomic E-state index is 12.6. The summed E-state index contributed by atoms with van der Waals surface area (Å²) in [5.41, 5.74) is 2.50. The molecule has 0 bridgehead atoms. The molecule has 1 amide bonds. The third-order valence-electron chi connectivity index (χ3n) is 3.80. The number of carbonyl (C=O) groups is 1. The van der Waals surface area contributed by atoms with E-state index in [4.69, 9.17) is 0 Å². The molecule has 4 rings (SSSR count). The van der Waals surface area contributed by atoms with Crippen LogP contribution >= 0.6 is 0 Å². The van der Waals surface area contributed by atoms with Gasteiger partial charge in [0.2, 0.25) is 5.95 Å². The molecular formula is C20H15N5O. The largest absolute Gasteiger partial charge is 0.324 e. The Bertz CT molecular complexity index is 1060. The molecule has 0 atom stereocenters. The van der Waals surface area contributed by atoms with Crippen LogP contribution in [0.4, 0.5) is 17.3 Å². The van der Waals surface area contributed by atoms with Crippen LogP contribution in [-0.2, 0) is 0 Å². The molecule has 2 N–H and O–H groups in total. The molecule has 0 saturated carbocycles. The normalized spacial score (nSPS) is 10.5. The van der Waals surface area contributed by atoms with Crippen LogP contribution in [-0.4, -0.2) is 20.9 Å². The minimum atomic E-state index is -0.318. The predicted octanol–water partition coefficient (Wildman–Crippen LogP) is 4.02. The van der Waals surface area contributed by atoms with Crippen LogP contribution in [0.25, 0.3) is 10.9 Å². The fourth-order valence-electron chi connectivity index (χ4n) is 2.59.